The maximum Gasteiger partial charge on any atom is 0.310 e. The molecule has 0 saturated carbocycles. The molecule has 0 heterocycles. The second-order valence-corrected chi connectivity index (χ2v) is 7.84. The lowest BCUT2D eigenvalue weighted by atomic mass is 10.00. The molecule has 2 rings (SSSR count). The van der Waals surface area contributed by atoms with E-state index in [0.717, 1.165) is 17.5 Å². The van der Waals surface area contributed by atoms with Crippen molar-refractivity contribution in [2.75, 3.05) is 11.9 Å². The lowest BCUT2D eigenvalue weighted by Gasteiger charge is -2.15. The van der Waals surface area contributed by atoms with Gasteiger partial charge in [-0.2, -0.15) is 0 Å². The van der Waals surface area contributed by atoms with Crippen molar-refractivity contribution in [2.45, 2.75) is 46.6 Å². The Balaban J connectivity index is 1.76. The number of amides is 2. The van der Waals surface area contributed by atoms with Gasteiger partial charge in [0, 0.05) is 12.6 Å². The number of nitrogens with one attached hydrogen (secondary N) is 2. The molecule has 0 aliphatic heterocycles. The Bertz CT molecular complexity index is 858. The number of benzene rings is 2. The minimum absolute atomic E-state index is 0.0560. The predicted molar refractivity (Wildman–Crippen MR) is 117 cm³/mol. The van der Waals surface area contributed by atoms with E-state index < -0.39 is 5.97 Å². The first-order valence-corrected chi connectivity index (χ1v) is 10.1. The average Bonchev–Trinajstić information content (AvgIpc) is 2.67. The lowest BCUT2D eigenvalue weighted by Crippen LogP contribution is -2.31. The molecular formula is C24H30N2O4. The van der Waals surface area contributed by atoms with Gasteiger partial charge in [0.15, 0.2) is 6.61 Å². The van der Waals surface area contributed by atoms with E-state index in [-0.39, 0.29) is 30.9 Å². The van der Waals surface area contributed by atoms with Crippen LogP contribution in [0.1, 0.15) is 50.4 Å². The molecule has 6 nitrogen and oxygen atoms in total. The quantitative estimate of drug-likeness (QED) is 0.616. The van der Waals surface area contributed by atoms with Gasteiger partial charge in [0.2, 0.25) is 5.91 Å². The molecule has 1 atom stereocenters. The van der Waals surface area contributed by atoms with Gasteiger partial charge in [-0.15, -0.1) is 0 Å². The maximum absolute atomic E-state index is 12.1. The monoisotopic (exact) mass is 410 g/mol. The summed E-state index contributed by atoms with van der Waals surface area (Å²) in [4.78, 5) is 35.1. The van der Waals surface area contributed by atoms with E-state index in [1.807, 2.05) is 19.1 Å². The molecule has 0 saturated heterocycles. The molecule has 2 aromatic carbocycles. The zero-order chi connectivity index (χ0) is 22.1. The smallest absolute Gasteiger partial charge is 0.310 e. The molecule has 0 unspecified atom stereocenters. The van der Waals surface area contributed by atoms with Gasteiger partial charge in [0.05, 0.1) is 12.5 Å². The van der Waals surface area contributed by atoms with Crippen LogP contribution in [0.4, 0.5) is 5.69 Å². The molecule has 0 bridgehead atoms. The summed E-state index contributed by atoms with van der Waals surface area (Å²) in [7, 11) is 0. The third-order valence-corrected chi connectivity index (χ3v) is 4.49. The van der Waals surface area contributed by atoms with Crippen LogP contribution >= 0.6 is 0 Å². The van der Waals surface area contributed by atoms with Gasteiger partial charge in [0.25, 0.3) is 5.91 Å². The maximum atomic E-state index is 12.1. The van der Waals surface area contributed by atoms with Crippen molar-refractivity contribution in [1.82, 2.24) is 5.32 Å². The highest BCUT2D eigenvalue weighted by atomic mass is 16.5. The molecule has 0 radical (unpaired) electrons. The fraction of sp³-hybridized carbons (Fsp3) is 0.375. The summed E-state index contributed by atoms with van der Waals surface area (Å²) in [6, 6.07) is 14.9. The van der Waals surface area contributed by atoms with Crippen LogP contribution in [0.5, 0.6) is 0 Å². The second kappa shape index (κ2) is 11.1. The Morgan fingerprint density at radius 2 is 1.50 bits per heavy atom. The van der Waals surface area contributed by atoms with Crippen LogP contribution in [-0.2, 0) is 32.0 Å². The van der Waals surface area contributed by atoms with Crippen molar-refractivity contribution >= 4 is 23.5 Å². The average molecular weight is 411 g/mol. The highest BCUT2D eigenvalue weighted by molar-refractivity contribution is 5.88. The van der Waals surface area contributed by atoms with Gasteiger partial charge >= 0.3 is 5.97 Å². The van der Waals surface area contributed by atoms with E-state index in [2.05, 4.69) is 36.6 Å². The van der Waals surface area contributed by atoms with Crippen LogP contribution in [0.3, 0.4) is 0 Å². The number of carbonyl (C=O) groups is 3. The highest BCUT2D eigenvalue weighted by Crippen LogP contribution is 2.15. The zero-order valence-electron chi connectivity index (χ0n) is 18.0. The topological polar surface area (TPSA) is 84.5 Å². The summed E-state index contributed by atoms with van der Waals surface area (Å²) in [6.45, 7) is 7.36. The van der Waals surface area contributed by atoms with E-state index in [4.69, 9.17) is 4.74 Å². The van der Waals surface area contributed by atoms with Crippen LogP contribution in [0, 0.1) is 5.92 Å². The Morgan fingerprint density at radius 1 is 0.900 bits per heavy atom. The number of carbonyl (C=O) groups excluding carboxylic acids is 3. The fourth-order valence-electron chi connectivity index (χ4n) is 3.05. The predicted octanol–water partition coefficient (Wildman–Crippen LogP) is 3.81. The number of ether oxygens (including phenoxy) is 1. The van der Waals surface area contributed by atoms with Crippen LogP contribution < -0.4 is 10.6 Å². The summed E-state index contributed by atoms with van der Waals surface area (Å²) in [5.74, 6) is -0.391. The van der Waals surface area contributed by atoms with Crippen LogP contribution in [0.2, 0.25) is 0 Å². The molecule has 0 aliphatic rings. The molecule has 0 aliphatic carbocycles. The van der Waals surface area contributed by atoms with Crippen molar-refractivity contribution < 1.29 is 19.1 Å². The SMILES string of the molecule is CC(=O)Nc1ccc(CC(=O)OCC(=O)N[C@@H](C)c2ccc(CC(C)C)cc2)cc1. The number of anilines is 1. The molecule has 2 N–H and O–H groups in total. The van der Waals surface area contributed by atoms with E-state index in [1.54, 1.807) is 24.3 Å². The first-order valence-electron chi connectivity index (χ1n) is 10.1. The number of hydrogen-bond acceptors (Lipinski definition) is 4. The van der Waals surface area contributed by atoms with E-state index in [1.165, 1.54) is 12.5 Å². The Kier molecular flexibility index (Phi) is 8.59. The highest BCUT2D eigenvalue weighted by Gasteiger charge is 2.13. The Labute approximate surface area is 178 Å². The third kappa shape index (κ3) is 8.07. The van der Waals surface area contributed by atoms with Crippen molar-refractivity contribution in [1.29, 1.82) is 0 Å². The van der Waals surface area contributed by atoms with Crippen molar-refractivity contribution in [3.8, 4) is 0 Å². The summed E-state index contributed by atoms with van der Waals surface area (Å²) < 4.78 is 5.08. The van der Waals surface area contributed by atoms with E-state index in [9.17, 15) is 14.4 Å². The molecule has 0 fully saturated rings. The summed E-state index contributed by atoms with van der Waals surface area (Å²) in [6.07, 6.45) is 1.08. The van der Waals surface area contributed by atoms with E-state index >= 15 is 0 Å². The summed E-state index contributed by atoms with van der Waals surface area (Å²) in [5, 5.41) is 5.51. The standard InChI is InChI=1S/C24H30N2O4/c1-16(2)13-19-5-9-21(10-6-19)17(3)25-23(28)15-30-24(29)14-20-7-11-22(12-8-20)26-18(4)27/h5-12,16-17H,13-15H2,1-4H3,(H,25,28)(H,26,27)/t17-/m0/s1. The van der Waals surface area contributed by atoms with Gasteiger partial charge in [-0.1, -0.05) is 50.2 Å². The van der Waals surface area contributed by atoms with Crippen LogP contribution in [0.25, 0.3) is 0 Å². The minimum atomic E-state index is -0.483. The zero-order valence-corrected chi connectivity index (χ0v) is 18.0. The van der Waals surface area contributed by atoms with Crippen molar-refractivity contribution in [3.63, 3.8) is 0 Å². The van der Waals surface area contributed by atoms with Gasteiger partial charge < -0.3 is 15.4 Å². The normalized spacial score (nSPS) is 11.6. The molecular weight excluding hydrogens is 380 g/mol. The molecule has 2 aromatic rings. The fourth-order valence-corrected chi connectivity index (χ4v) is 3.05. The summed E-state index contributed by atoms with van der Waals surface area (Å²) in [5.41, 5.74) is 3.67. The van der Waals surface area contributed by atoms with Crippen LogP contribution in [-0.4, -0.2) is 24.4 Å². The molecule has 2 amide bonds. The third-order valence-electron chi connectivity index (χ3n) is 4.49. The van der Waals surface area contributed by atoms with Gasteiger partial charge in [-0.25, -0.2) is 0 Å². The number of esters is 1. The first-order chi connectivity index (χ1) is 14.2. The minimum Gasteiger partial charge on any atom is -0.455 e. The Hall–Kier alpha value is -3.15. The first kappa shape index (κ1) is 23.1. The van der Waals surface area contributed by atoms with Gasteiger partial charge in [-0.05, 0) is 48.1 Å². The van der Waals surface area contributed by atoms with Crippen molar-refractivity contribution in [2.24, 2.45) is 5.92 Å². The molecule has 0 aromatic heterocycles. The van der Waals surface area contributed by atoms with Gasteiger partial charge in [0.1, 0.15) is 0 Å². The molecule has 30 heavy (non-hydrogen) atoms. The van der Waals surface area contributed by atoms with Crippen molar-refractivity contribution in [3.05, 3.63) is 65.2 Å². The molecule has 0 spiro atoms. The second-order valence-electron chi connectivity index (χ2n) is 7.84. The molecule has 6 heteroatoms. The summed E-state index contributed by atoms with van der Waals surface area (Å²) >= 11 is 0. The molecule has 160 valence electrons. The Morgan fingerprint density at radius 3 is 2.07 bits per heavy atom. The van der Waals surface area contributed by atoms with Gasteiger partial charge in [-0.3, -0.25) is 14.4 Å². The van der Waals surface area contributed by atoms with Crippen LogP contribution in [0.15, 0.2) is 48.5 Å². The lowest BCUT2D eigenvalue weighted by molar-refractivity contribution is -0.148. The number of hydrogen-bond donors (Lipinski definition) is 2. The number of rotatable bonds is 9. The largest absolute Gasteiger partial charge is 0.455 e. The van der Waals surface area contributed by atoms with E-state index in [0.29, 0.717) is 11.6 Å².